The molecule has 1 atom stereocenters. The van der Waals surface area contributed by atoms with Crippen molar-refractivity contribution in [2.45, 2.75) is 70.1 Å². The second kappa shape index (κ2) is 9.98. The number of anilines is 1. The molecule has 34 heavy (non-hydrogen) atoms. The van der Waals surface area contributed by atoms with Crippen molar-refractivity contribution in [3.63, 3.8) is 0 Å². The van der Waals surface area contributed by atoms with Crippen molar-refractivity contribution < 1.29 is 23.9 Å². The van der Waals surface area contributed by atoms with Crippen LogP contribution in [0.15, 0.2) is 18.2 Å². The molecular formula is C25H33N3O5S. The zero-order valence-electron chi connectivity index (χ0n) is 20.1. The molecule has 4 rings (SSSR count). The minimum absolute atomic E-state index is 0.124. The van der Waals surface area contributed by atoms with Crippen molar-refractivity contribution in [2.24, 2.45) is 5.92 Å². The van der Waals surface area contributed by atoms with Crippen molar-refractivity contribution in [1.82, 2.24) is 10.2 Å². The Morgan fingerprint density at radius 2 is 1.88 bits per heavy atom. The van der Waals surface area contributed by atoms with Gasteiger partial charge in [-0.3, -0.25) is 19.7 Å². The van der Waals surface area contributed by atoms with Gasteiger partial charge in [-0.25, -0.2) is 4.79 Å². The standard InChI is InChI=1S/C25H33N3O5S/c1-25(2,3)33-24(32)27-12-9-16(10-13-27)11-14-28-19-6-4-5-17(18(19)7-8-21(28)29)15-20-22(30)26-23(31)34-20/h4-6,16,20H,7-15H2,1-3H3,(H,26,30,31). The molecule has 2 saturated heterocycles. The number of imide groups is 1. The van der Waals surface area contributed by atoms with Crippen molar-refractivity contribution in [2.75, 3.05) is 24.5 Å². The van der Waals surface area contributed by atoms with Crippen LogP contribution in [-0.2, 0) is 27.2 Å². The molecule has 4 amide bonds. The summed E-state index contributed by atoms with van der Waals surface area (Å²) in [4.78, 5) is 52.3. The van der Waals surface area contributed by atoms with E-state index in [0.717, 1.165) is 47.8 Å². The average molecular weight is 488 g/mol. The Hall–Kier alpha value is -2.55. The molecule has 1 unspecified atom stereocenters. The number of nitrogens with zero attached hydrogens (tertiary/aromatic N) is 2. The number of fused-ring (bicyclic) bond motifs is 1. The Morgan fingerprint density at radius 3 is 2.53 bits per heavy atom. The monoisotopic (exact) mass is 487 g/mol. The summed E-state index contributed by atoms with van der Waals surface area (Å²) in [6, 6.07) is 5.91. The Bertz CT molecular complexity index is 981. The first kappa shape index (κ1) is 24.6. The molecule has 0 aliphatic carbocycles. The highest BCUT2D eigenvalue weighted by molar-refractivity contribution is 8.15. The van der Waals surface area contributed by atoms with E-state index in [1.807, 2.05) is 43.9 Å². The van der Waals surface area contributed by atoms with Crippen molar-refractivity contribution in [3.8, 4) is 0 Å². The van der Waals surface area contributed by atoms with Crippen LogP contribution in [0.2, 0.25) is 0 Å². The number of likely N-dealkylation sites (tertiary alicyclic amines) is 1. The first-order valence-electron chi connectivity index (χ1n) is 12.0. The third-order valence-electron chi connectivity index (χ3n) is 6.63. The van der Waals surface area contributed by atoms with E-state index in [0.29, 0.717) is 44.8 Å². The predicted octanol–water partition coefficient (Wildman–Crippen LogP) is 3.90. The molecule has 3 heterocycles. The highest BCUT2D eigenvalue weighted by atomic mass is 32.2. The molecule has 9 heteroatoms. The van der Waals surface area contributed by atoms with Gasteiger partial charge in [0.25, 0.3) is 5.24 Å². The van der Waals surface area contributed by atoms with E-state index in [-0.39, 0.29) is 23.1 Å². The quantitative estimate of drug-likeness (QED) is 0.677. The summed E-state index contributed by atoms with van der Waals surface area (Å²) in [7, 11) is 0. The van der Waals surface area contributed by atoms with Gasteiger partial charge in [-0.05, 0) is 76.0 Å². The van der Waals surface area contributed by atoms with Crippen LogP contribution in [0.1, 0.15) is 57.6 Å². The number of amides is 4. The Labute approximate surface area is 204 Å². The fourth-order valence-corrected chi connectivity index (χ4v) is 5.72. The molecule has 0 bridgehead atoms. The zero-order valence-corrected chi connectivity index (χ0v) is 20.9. The van der Waals surface area contributed by atoms with Crippen LogP contribution in [0.4, 0.5) is 15.3 Å². The van der Waals surface area contributed by atoms with Crippen LogP contribution in [0.3, 0.4) is 0 Å². The van der Waals surface area contributed by atoms with Crippen LogP contribution in [-0.4, -0.2) is 58.5 Å². The second-order valence-corrected chi connectivity index (χ2v) is 11.4. The van der Waals surface area contributed by atoms with Crippen LogP contribution < -0.4 is 10.2 Å². The lowest BCUT2D eigenvalue weighted by atomic mass is 9.91. The van der Waals surface area contributed by atoms with E-state index in [1.165, 1.54) is 0 Å². The van der Waals surface area contributed by atoms with Gasteiger partial charge < -0.3 is 14.5 Å². The minimum atomic E-state index is -0.495. The molecule has 0 saturated carbocycles. The minimum Gasteiger partial charge on any atom is -0.444 e. The smallest absolute Gasteiger partial charge is 0.410 e. The number of carbonyl (C=O) groups is 4. The van der Waals surface area contributed by atoms with E-state index in [4.69, 9.17) is 4.74 Å². The summed E-state index contributed by atoms with van der Waals surface area (Å²) in [6.45, 7) is 7.61. The number of piperidine rings is 1. The van der Waals surface area contributed by atoms with Gasteiger partial charge in [-0.1, -0.05) is 23.9 Å². The lowest BCUT2D eigenvalue weighted by molar-refractivity contribution is -0.119. The summed E-state index contributed by atoms with van der Waals surface area (Å²) < 4.78 is 5.48. The molecule has 0 radical (unpaired) electrons. The van der Waals surface area contributed by atoms with Gasteiger partial charge >= 0.3 is 6.09 Å². The third kappa shape index (κ3) is 5.74. The lowest BCUT2D eigenvalue weighted by Gasteiger charge is -2.35. The molecule has 2 fully saturated rings. The maximum absolute atomic E-state index is 12.8. The molecule has 3 aliphatic heterocycles. The number of nitrogens with one attached hydrogen (secondary N) is 1. The highest BCUT2D eigenvalue weighted by Gasteiger charge is 2.34. The second-order valence-electron chi connectivity index (χ2n) is 10.2. The first-order chi connectivity index (χ1) is 16.1. The number of hydrogen-bond donors (Lipinski definition) is 1. The maximum Gasteiger partial charge on any atom is 0.410 e. The van der Waals surface area contributed by atoms with Crippen LogP contribution in [0.25, 0.3) is 0 Å². The molecule has 0 aromatic heterocycles. The number of ether oxygens (including phenoxy) is 1. The SMILES string of the molecule is CC(C)(C)OC(=O)N1CCC(CCN2C(=O)CCc3c(CC4SC(=O)NC4=O)cccc32)CC1. The largest absolute Gasteiger partial charge is 0.444 e. The third-order valence-corrected chi connectivity index (χ3v) is 7.61. The molecule has 8 nitrogen and oxygen atoms in total. The van der Waals surface area contributed by atoms with Gasteiger partial charge in [0.1, 0.15) is 5.60 Å². The average Bonchev–Trinajstić information content (AvgIpc) is 3.09. The van der Waals surface area contributed by atoms with Crippen molar-refractivity contribution >= 4 is 40.6 Å². The van der Waals surface area contributed by atoms with E-state index < -0.39 is 10.9 Å². The van der Waals surface area contributed by atoms with Crippen molar-refractivity contribution in [3.05, 3.63) is 29.3 Å². The maximum atomic E-state index is 12.8. The zero-order chi connectivity index (χ0) is 24.5. The molecule has 0 spiro atoms. The number of rotatable bonds is 5. The number of carbonyl (C=O) groups excluding carboxylic acids is 4. The normalized spacial score (nSPS) is 21.5. The fourth-order valence-electron chi connectivity index (χ4n) is 4.87. The summed E-state index contributed by atoms with van der Waals surface area (Å²) >= 11 is 1.04. The van der Waals surface area contributed by atoms with Gasteiger partial charge in [0.15, 0.2) is 0 Å². The van der Waals surface area contributed by atoms with Crippen LogP contribution in [0, 0.1) is 5.92 Å². The summed E-state index contributed by atoms with van der Waals surface area (Å²) in [5.74, 6) is 0.331. The van der Waals surface area contributed by atoms with E-state index in [1.54, 1.807) is 4.90 Å². The lowest BCUT2D eigenvalue weighted by Crippen LogP contribution is -2.42. The van der Waals surface area contributed by atoms with Crippen LogP contribution in [0.5, 0.6) is 0 Å². The molecule has 3 aliphatic rings. The fraction of sp³-hybridized carbons (Fsp3) is 0.600. The topological polar surface area (TPSA) is 96.0 Å². The molecule has 184 valence electrons. The Balaban J connectivity index is 1.36. The highest BCUT2D eigenvalue weighted by Crippen LogP contribution is 2.34. The Morgan fingerprint density at radius 1 is 1.15 bits per heavy atom. The molecular weight excluding hydrogens is 454 g/mol. The van der Waals surface area contributed by atoms with Crippen molar-refractivity contribution in [1.29, 1.82) is 0 Å². The Kier molecular flexibility index (Phi) is 7.21. The number of benzene rings is 1. The van der Waals surface area contributed by atoms with E-state index >= 15 is 0 Å². The number of thioether (sulfide) groups is 1. The van der Waals surface area contributed by atoms with E-state index in [9.17, 15) is 19.2 Å². The van der Waals surface area contributed by atoms with Gasteiger partial charge in [-0.2, -0.15) is 0 Å². The molecule has 1 aromatic carbocycles. The summed E-state index contributed by atoms with van der Waals surface area (Å²) in [5, 5.41) is 1.64. The molecule has 1 N–H and O–H groups in total. The van der Waals surface area contributed by atoms with Gasteiger partial charge in [-0.15, -0.1) is 0 Å². The molecule has 1 aromatic rings. The van der Waals surface area contributed by atoms with Gasteiger partial charge in [0.05, 0.1) is 5.25 Å². The van der Waals surface area contributed by atoms with Crippen LogP contribution >= 0.6 is 11.8 Å². The summed E-state index contributed by atoms with van der Waals surface area (Å²) in [5.41, 5.74) is 2.57. The summed E-state index contributed by atoms with van der Waals surface area (Å²) in [6.07, 6.45) is 4.01. The van der Waals surface area contributed by atoms with Gasteiger partial charge in [0.2, 0.25) is 11.8 Å². The van der Waals surface area contributed by atoms with Gasteiger partial charge in [0, 0.05) is 31.7 Å². The van der Waals surface area contributed by atoms with E-state index in [2.05, 4.69) is 5.32 Å². The number of hydrogen-bond acceptors (Lipinski definition) is 6. The first-order valence-corrected chi connectivity index (χ1v) is 12.9. The predicted molar refractivity (Wildman–Crippen MR) is 131 cm³/mol.